The van der Waals surface area contributed by atoms with E-state index in [2.05, 4.69) is 4.90 Å². The van der Waals surface area contributed by atoms with Crippen LogP contribution in [0.25, 0.3) is 0 Å². The Bertz CT molecular complexity index is 515. The fraction of sp³-hybridized carbons (Fsp3) is 0.533. The Morgan fingerprint density at radius 1 is 1.43 bits per heavy atom. The van der Waals surface area contributed by atoms with Crippen LogP contribution in [0.5, 0.6) is 11.5 Å². The van der Waals surface area contributed by atoms with Crippen LogP contribution in [0.15, 0.2) is 12.1 Å². The lowest BCUT2D eigenvalue weighted by Gasteiger charge is -2.21. The maximum Gasteiger partial charge on any atom is 0.344 e. The summed E-state index contributed by atoms with van der Waals surface area (Å²) in [7, 11) is 1.52. The zero-order chi connectivity index (χ0) is 15.4. The van der Waals surface area contributed by atoms with E-state index in [-0.39, 0.29) is 0 Å². The zero-order valence-corrected chi connectivity index (χ0v) is 13.0. The van der Waals surface area contributed by atoms with Crippen LogP contribution in [0, 0.1) is 0 Å². The molecule has 0 spiro atoms. The van der Waals surface area contributed by atoms with Crippen molar-refractivity contribution in [1.29, 1.82) is 0 Å². The molecule has 1 saturated heterocycles. The van der Waals surface area contributed by atoms with E-state index >= 15 is 0 Å². The maximum atomic E-state index is 11.0. The monoisotopic (exact) mass is 313 g/mol. The second kappa shape index (κ2) is 7.00. The maximum absolute atomic E-state index is 11.0. The zero-order valence-electron chi connectivity index (χ0n) is 12.3. The SMILES string of the molecule is COc1cc(Cl)cc(CN2CCCC2)c1O[C@H](C)C(=O)O. The minimum atomic E-state index is -1.01. The highest BCUT2D eigenvalue weighted by Gasteiger charge is 2.22. The smallest absolute Gasteiger partial charge is 0.344 e. The molecular weight excluding hydrogens is 294 g/mol. The van der Waals surface area contributed by atoms with Crippen LogP contribution in [0.3, 0.4) is 0 Å². The van der Waals surface area contributed by atoms with Gasteiger partial charge in [-0.25, -0.2) is 4.79 Å². The molecule has 5 nitrogen and oxygen atoms in total. The van der Waals surface area contributed by atoms with Crippen molar-refractivity contribution in [1.82, 2.24) is 4.90 Å². The topological polar surface area (TPSA) is 59.0 Å². The molecule has 0 aromatic heterocycles. The van der Waals surface area contributed by atoms with Gasteiger partial charge in [-0.1, -0.05) is 11.6 Å². The molecule has 0 unspecified atom stereocenters. The number of halogens is 1. The van der Waals surface area contributed by atoms with Gasteiger partial charge in [-0.05, 0) is 38.9 Å². The van der Waals surface area contributed by atoms with E-state index in [1.165, 1.54) is 26.9 Å². The molecule has 0 radical (unpaired) electrons. The van der Waals surface area contributed by atoms with E-state index in [9.17, 15) is 4.79 Å². The van der Waals surface area contributed by atoms with E-state index in [1.54, 1.807) is 6.07 Å². The number of nitrogens with zero attached hydrogens (tertiary/aromatic N) is 1. The number of benzene rings is 1. The van der Waals surface area contributed by atoms with Crippen LogP contribution in [-0.4, -0.2) is 42.3 Å². The van der Waals surface area contributed by atoms with Crippen LogP contribution >= 0.6 is 11.6 Å². The fourth-order valence-electron chi connectivity index (χ4n) is 2.43. The Kier molecular flexibility index (Phi) is 5.31. The van der Waals surface area contributed by atoms with Crippen LogP contribution in [0.1, 0.15) is 25.3 Å². The Morgan fingerprint density at radius 3 is 2.67 bits per heavy atom. The van der Waals surface area contributed by atoms with Crippen LogP contribution in [0.4, 0.5) is 0 Å². The van der Waals surface area contributed by atoms with Crippen molar-refractivity contribution in [2.75, 3.05) is 20.2 Å². The number of carboxylic acid groups (broad SMARTS) is 1. The van der Waals surface area contributed by atoms with Crippen molar-refractivity contribution in [3.63, 3.8) is 0 Å². The number of methoxy groups -OCH3 is 1. The molecule has 1 fully saturated rings. The molecular formula is C15H20ClNO4. The predicted octanol–water partition coefficient (Wildman–Crippen LogP) is 2.80. The molecule has 0 bridgehead atoms. The molecule has 116 valence electrons. The molecule has 1 aliphatic rings. The molecule has 1 heterocycles. The van der Waals surface area contributed by atoms with Crippen LogP contribution < -0.4 is 9.47 Å². The van der Waals surface area contributed by atoms with Crippen molar-refractivity contribution >= 4 is 17.6 Å². The van der Waals surface area contributed by atoms with Gasteiger partial charge >= 0.3 is 5.97 Å². The molecule has 21 heavy (non-hydrogen) atoms. The number of carbonyl (C=O) groups is 1. The summed E-state index contributed by atoms with van der Waals surface area (Å²) in [6.07, 6.45) is 1.41. The van der Waals surface area contributed by atoms with E-state index in [0.717, 1.165) is 18.7 Å². The summed E-state index contributed by atoms with van der Waals surface area (Å²) in [5.41, 5.74) is 0.856. The Morgan fingerprint density at radius 2 is 2.10 bits per heavy atom. The van der Waals surface area contributed by atoms with Gasteiger partial charge in [0.2, 0.25) is 0 Å². The van der Waals surface area contributed by atoms with Gasteiger partial charge in [0, 0.05) is 23.2 Å². The van der Waals surface area contributed by atoms with E-state index in [1.807, 2.05) is 6.07 Å². The molecule has 0 aliphatic carbocycles. The average Bonchev–Trinajstić information content (AvgIpc) is 2.93. The third kappa shape index (κ3) is 4.02. The number of likely N-dealkylation sites (tertiary alicyclic amines) is 1. The van der Waals surface area contributed by atoms with Gasteiger partial charge in [0.25, 0.3) is 0 Å². The van der Waals surface area contributed by atoms with Gasteiger partial charge in [0.15, 0.2) is 17.6 Å². The molecule has 1 aromatic carbocycles. The van der Waals surface area contributed by atoms with Gasteiger partial charge in [-0.3, -0.25) is 4.90 Å². The Hall–Kier alpha value is -1.46. The van der Waals surface area contributed by atoms with Crippen molar-refractivity contribution in [3.05, 3.63) is 22.7 Å². The van der Waals surface area contributed by atoms with Gasteiger partial charge < -0.3 is 14.6 Å². The summed E-state index contributed by atoms with van der Waals surface area (Å²) in [6.45, 7) is 4.24. The summed E-state index contributed by atoms with van der Waals surface area (Å²) in [4.78, 5) is 13.3. The first-order chi connectivity index (χ1) is 10.0. The predicted molar refractivity (Wildman–Crippen MR) is 80.2 cm³/mol. The first-order valence-electron chi connectivity index (χ1n) is 6.99. The largest absolute Gasteiger partial charge is 0.493 e. The number of ether oxygens (including phenoxy) is 2. The Labute approximate surface area is 129 Å². The molecule has 0 saturated carbocycles. The summed E-state index contributed by atoms with van der Waals surface area (Å²) >= 11 is 6.11. The summed E-state index contributed by atoms with van der Waals surface area (Å²) in [5, 5.41) is 9.59. The number of aliphatic carboxylic acids is 1. The number of hydrogen-bond donors (Lipinski definition) is 1. The molecule has 6 heteroatoms. The average molecular weight is 314 g/mol. The normalized spacial score (nSPS) is 16.7. The van der Waals surface area contributed by atoms with E-state index in [0.29, 0.717) is 23.1 Å². The minimum Gasteiger partial charge on any atom is -0.493 e. The minimum absolute atomic E-state index is 0.462. The van der Waals surface area contributed by atoms with Crippen molar-refractivity contribution in [3.8, 4) is 11.5 Å². The van der Waals surface area contributed by atoms with Gasteiger partial charge in [-0.2, -0.15) is 0 Å². The molecule has 2 rings (SSSR count). The van der Waals surface area contributed by atoms with Gasteiger partial charge in [-0.15, -0.1) is 0 Å². The number of hydrogen-bond acceptors (Lipinski definition) is 4. The summed E-state index contributed by atoms with van der Waals surface area (Å²) in [5.74, 6) is -0.0902. The van der Waals surface area contributed by atoms with Crippen LogP contribution in [0.2, 0.25) is 5.02 Å². The van der Waals surface area contributed by atoms with Crippen molar-refractivity contribution in [2.24, 2.45) is 0 Å². The molecule has 1 aromatic rings. The van der Waals surface area contributed by atoms with Crippen LogP contribution in [-0.2, 0) is 11.3 Å². The quantitative estimate of drug-likeness (QED) is 0.875. The second-order valence-electron chi connectivity index (χ2n) is 5.18. The highest BCUT2D eigenvalue weighted by atomic mass is 35.5. The van der Waals surface area contributed by atoms with Crippen molar-refractivity contribution in [2.45, 2.75) is 32.4 Å². The standard InChI is InChI=1S/C15H20ClNO4/c1-10(15(18)19)21-14-11(9-17-5-3-4-6-17)7-12(16)8-13(14)20-2/h7-8,10H,3-6,9H2,1-2H3,(H,18,19)/t10-/m1/s1. The number of carboxylic acids is 1. The first-order valence-corrected chi connectivity index (χ1v) is 7.37. The lowest BCUT2D eigenvalue weighted by atomic mass is 10.1. The molecule has 1 N–H and O–H groups in total. The molecule has 1 aliphatic heterocycles. The Balaban J connectivity index is 2.30. The summed E-state index contributed by atoms with van der Waals surface area (Å²) in [6, 6.07) is 3.45. The lowest BCUT2D eigenvalue weighted by Crippen LogP contribution is -2.25. The lowest BCUT2D eigenvalue weighted by molar-refractivity contribution is -0.144. The van der Waals surface area contributed by atoms with Crippen molar-refractivity contribution < 1.29 is 19.4 Å². The second-order valence-corrected chi connectivity index (χ2v) is 5.61. The molecule has 0 amide bonds. The third-order valence-electron chi connectivity index (χ3n) is 3.55. The fourth-order valence-corrected chi connectivity index (χ4v) is 2.67. The van der Waals surface area contributed by atoms with E-state index in [4.69, 9.17) is 26.2 Å². The van der Waals surface area contributed by atoms with Gasteiger partial charge in [0.1, 0.15) is 0 Å². The van der Waals surface area contributed by atoms with Gasteiger partial charge in [0.05, 0.1) is 7.11 Å². The van der Waals surface area contributed by atoms with E-state index < -0.39 is 12.1 Å². The highest BCUT2D eigenvalue weighted by molar-refractivity contribution is 6.30. The first kappa shape index (κ1) is 15.9. The summed E-state index contributed by atoms with van der Waals surface area (Å²) < 4.78 is 10.9. The molecule has 1 atom stereocenters. The third-order valence-corrected chi connectivity index (χ3v) is 3.77. The number of rotatable bonds is 6. The highest BCUT2D eigenvalue weighted by Crippen LogP contribution is 2.36.